The highest BCUT2D eigenvalue weighted by Crippen LogP contribution is 2.27. The maximum absolute atomic E-state index is 8.50. The number of hydrogen-bond donors (Lipinski definition) is 0. The lowest BCUT2D eigenvalue weighted by atomic mass is 10.1. The SMILES string of the molecule is CN1CCc2cc(CCC#N)ccc21. The number of nitriles is 1. The van der Waals surface area contributed by atoms with E-state index in [-0.39, 0.29) is 0 Å². The predicted octanol–water partition coefficient (Wildman–Crippen LogP) is 2.14. The molecule has 0 aromatic heterocycles. The minimum Gasteiger partial charge on any atom is -0.374 e. The number of nitrogens with zero attached hydrogens (tertiary/aromatic N) is 2. The van der Waals surface area contributed by atoms with Gasteiger partial charge in [-0.25, -0.2) is 0 Å². The first-order chi connectivity index (χ1) is 6.81. The number of anilines is 1. The summed E-state index contributed by atoms with van der Waals surface area (Å²) in [6.45, 7) is 1.12. The molecule has 2 heteroatoms. The zero-order chi connectivity index (χ0) is 9.97. The molecule has 1 aromatic carbocycles. The van der Waals surface area contributed by atoms with Crippen molar-refractivity contribution < 1.29 is 0 Å². The monoisotopic (exact) mass is 186 g/mol. The van der Waals surface area contributed by atoms with Crippen LogP contribution in [0.1, 0.15) is 17.5 Å². The van der Waals surface area contributed by atoms with E-state index in [1.165, 1.54) is 16.8 Å². The number of hydrogen-bond acceptors (Lipinski definition) is 2. The molecule has 0 saturated heterocycles. The lowest BCUT2D eigenvalue weighted by molar-refractivity contribution is 0.954. The zero-order valence-electron chi connectivity index (χ0n) is 8.45. The first-order valence-corrected chi connectivity index (χ1v) is 5.01. The molecule has 1 aromatic rings. The topological polar surface area (TPSA) is 27.0 Å². The maximum atomic E-state index is 8.50. The molecule has 0 unspecified atom stereocenters. The lowest BCUT2D eigenvalue weighted by Gasteiger charge is -2.11. The van der Waals surface area contributed by atoms with Crippen LogP contribution in [0.2, 0.25) is 0 Å². The summed E-state index contributed by atoms with van der Waals surface area (Å²) in [6.07, 6.45) is 2.65. The Balaban J connectivity index is 2.20. The second-order valence-electron chi connectivity index (χ2n) is 3.79. The van der Waals surface area contributed by atoms with E-state index in [9.17, 15) is 0 Å². The van der Waals surface area contributed by atoms with E-state index in [0.717, 1.165) is 19.4 Å². The molecule has 2 nitrogen and oxygen atoms in total. The Kier molecular flexibility index (Phi) is 2.41. The molecule has 0 aliphatic carbocycles. The Bertz CT molecular complexity index is 376. The van der Waals surface area contributed by atoms with Crippen molar-refractivity contribution in [3.8, 4) is 6.07 Å². The second kappa shape index (κ2) is 3.71. The third kappa shape index (κ3) is 1.58. The van der Waals surface area contributed by atoms with Crippen LogP contribution in [0.4, 0.5) is 5.69 Å². The normalized spacial score (nSPS) is 13.9. The molecule has 0 radical (unpaired) electrons. The van der Waals surface area contributed by atoms with Crippen molar-refractivity contribution in [2.24, 2.45) is 0 Å². The van der Waals surface area contributed by atoms with Gasteiger partial charge in [0.05, 0.1) is 6.07 Å². The number of likely N-dealkylation sites (N-methyl/N-ethyl adjacent to an activating group) is 1. The van der Waals surface area contributed by atoms with Crippen molar-refractivity contribution in [1.29, 1.82) is 5.26 Å². The van der Waals surface area contributed by atoms with Crippen molar-refractivity contribution in [2.45, 2.75) is 19.3 Å². The molecule has 1 aliphatic rings. The summed E-state index contributed by atoms with van der Waals surface area (Å²) >= 11 is 0. The lowest BCUT2D eigenvalue weighted by Crippen LogP contribution is -2.12. The van der Waals surface area contributed by atoms with E-state index >= 15 is 0 Å². The van der Waals surface area contributed by atoms with Gasteiger partial charge in [-0.3, -0.25) is 0 Å². The number of rotatable bonds is 2. The van der Waals surface area contributed by atoms with Gasteiger partial charge in [-0.15, -0.1) is 0 Å². The first kappa shape index (κ1) is 9.08. The summed E-state index contributed by atoms with van der Waals surface area (Å²) in [7, 11) is 2.13. The fraction of sp³-hybridized carbons (Fsp3) is 0.417. The molecule has 0 spiro atoms. The molecule has 0 fully saturated rings. The highest BCUT2D eigenvalue weighted by atomic mass is 15.1. The van der Waals surface area contributed by atoms with Crippen molar-refractivity contribution in [2.75, 3.05) is 18.5 Å². The van der Waals surface area contributed by atoms with Crippen LogP contribution in [0.5, 0.6) is 0 Å². The van der Waals surface area contributed by atoms with Gasteiger partial charge >= 0.3 is 0 Å². The van der Waals surface area contributed by atoms with Crippen molar-refractivity contribution in [3.63, 3.8) is 0 Å². The standard InChI is InChI=1S/C12H14N2/c1-14-8-6-11-9-10(3-2-7-13)4-5-12(11)14/h4-5,9H,2-3,6,8H2,1H3. The van der Waals surface area contributed by atoms with Gasteiger partial charge in [-0.05, 0) is 30.0 Å². The summed E-state index contributed by atoms with van der Waals surface area (Å²) in [5, 5.41) is 8.50. The molecule has 2 rings (SSSR count). The van der Waals surface area contributed by atoms with Gasteiger partial charge < -0.3 is 4.90 Å². The fourth-order valence-corrected chi connectivity index (χ4v) is 1.98. The largest absolute Gasteiger partial charge is 0.374 e. The van der Waals surface area contributed by atoms with Gasteiger partial charge in [-0.2, -0.15) is 5.26 Å². The van der Waals surface area contributed by atoms with Gasteiger partial charge in [0, 0.05) is 25.7 Å². The molecule has 1 heterocycles. The van der Waals surface area contributed by atoms with Crippen LogP contribution in [0.15, 0.2) is 18.2 Å². The fourth-order valence-electron chi connectivity index (χ4n) is 1.98. The average Bonchev–Trinajstić information content (AvgIpc) is 2.57. The molecular formula is C12H14N2. The molecular weight excluding hydrogens is 172 g/mol. The summed E-state index contributed by atoms with van der Waals surface area (Å²) in [5.74, 6) is 0. The molecule has 0 amide bonds. The minimum absolute atomic E-state index is 0.620. The summed E-state index contributed by atoms with van der Waals surface area (Å²) in [4.78, 5) is 2.28. The average molecular weight is 186 g/mol. The third-order valence-electron chi connectivity index (χ3n) is 2.80. The van der Waals surface area contributed by atoms with Crippen LogP contribution >= 0.6 is 0 Å². The van der Waals surface area contributed by atoms with Gasteiger partial charge in [0.1, 0.15) is 0 Å². The zero-order valence-corrected chi connectivity index (χ0v) is 8.45. The molecule has 14 heavy (non-hydrogen) atoms. The molecule has 1 aliphatic heterocycles. The van der Waals surface area contributed by atoms with E-state index in [4.69, 9.17) is 5.26 Å². The Morgan fingerprint density at radius 2 is 2.36 bits per heavy atom. The summed E-state index contributed by atoms with van der Waals surface area (Å²) in [6, 6.07) is 8.74. The van der Waals surface area contributed by atoms with Crippen LogP contribution in [0.3, 0.4) is 0 Å². The van der Waals surface area contributed by atoms with E-state index in [1.807, 2.05) is 0 Å². The van der Waals surface area contributed by atoms with E-state index < -0.39 is 0 Å². The smallest absolute Gasteiger partial charge is 0.0625 e. The van der Waals surface area contributed by atoms with Gasteiger partial charge in [-0.1, -0.05) is 12.1 Å². The van der Waals surface area contributed by atoms with E-state index in [0.29, 0.717) is 6.42 Å². The maximum Gasteiger partial charge on any atom is 0.0625 e. The van der Waals surface area contributed by atoms with E-state index in [1.54, 1.807) is 0 Å². The Labute approximate surface area is 84.8 Å². The van der Waals surface area contributed by atoms with Crippen molar-refractivity contribution >= 4 is 5.69 Å². The van der Waals surface area contributed by atoms with Gasteiger partial charge in [0.15, 0.2) is 0 Å². The van der Waals surface area contributed by atoms with E-state index in [2.05, 4.69) is 36.2 Å². The quantitative estimate of drug-likeness (QED) is 0.707. The molecule has 0 atom stereocenters. The molecule has 72 valence electrons. The molecule has 0 bridgehead atoms. The van der Waals surface area contributed by atoms with Crippen LogP contribution in [0, 0.1) is 11.3 Å². The Hall–Kier alpha value is -1.49. The van der Waals surface area contributed by atoms with Crippen molar-refractivity contribution in [3.05, 3.63) is 29.3 Å². The highest BCUT2D eigenvalue weighted by molar-refractivity contribution is 5.58. The van der Waals surface area contributed by atoms with Gasteiger partial charge in [0.2, 0.25) is 0 Å². The number of aryl methyl sites for hydroxylation is 1. The van der Waals surface area contributed by atoms with Crippen LogP contribution in [-0.4, -0.2) is 13.6 Å². The minimum atomic E-state index is 0.620. The third-order valence-corrected chi connectivity index (χ3v) is 2.80. The predicted molar refractivity (Wildman–Crippen MR) is 57.4 cm³/mol. The Morgan fingerprint density at radius 1 is 1.50 bits per heavy atom. The Morgan fingerprint density at radius 3 is 3.14 bits per heavy atom. The summed E-state index contributed by atoms with van der Waals surface area (Å²) < 4.78 is 0. The van der Waals surface area contributed by atoms with Crippen molar-refractivity contribution in [1.82, 2.24) is 0 Å². The van der Waals surface area contributed by atoms with Crippen LogP contribution in [-0.2, 0) is 12.8 Å². The molecule has 0 N–H and O–H groups in total. The second-order valence-corrected chi connectivity index (χ2v) is 3.79. The number of fused-ring (bicyclic) bond motifs is 1. The molecule has 0 saturated carbocycles. The van der Waals surface area contributed by atoms with Crippen LogP contribution in [0.25, 0.3) is 0 Å². The summed E-state index contributed by atoms with van der Waals surface area (Å²) in [5.41, 5.74) is 4.08. The number of benzene rings is 1. The van der Waals surface area contributed by atoms with Gasteiger partial charge in [0.25, 0.3) is 0 Å². The first-order valence-electron chi connectivity index (χ1n) is 5.01. The highest BCUT2D eigenvalue weighted by Gasteiger charge is 2.14. The van der Waals surface area contributed by atoms with Crippen LogP contribution < -0.4 is 4.90 Å².